The first-order valence-electron chi connectivity index (χ1n) is 6.62. The van der Waals surface area contributed by atoms with Crippen LogP contribution in [-0.2, 0) is 6.42 Å². The van der Waals surface area contributed by atoms with Gasteiger partial charge in [-0.2, -0.15) is 0 Å². The fourth-order valence-corrected chi connectivity index (χ4v) is 2.57. The molecule has 1 aromatic rings. The molecule has 1 unspecified atom stereocenters. The number of nitrogens with zero attached hydrogens (tertiary/aromatic N) is 2. The lowest BCUT2D eigenvalue weighted by Crippen LogP contribution is -2.37. The molecule has 19 heavy (non-hydrogen) atoms. The van der Waals surface area contributed by atoms with Crippen molar-refractivity contribution in [3.05, 3.63) is 29.8 Å². The van der Waals surface area contributed by atoms with Crippen molar-refractivity contribution in [3.8, 4) is 0 Å². The highest BCUT2D eigenvalue weighted by Crippen LogP contribution is 2.27. The number of anilines is 1. The van der Waals surface area contributed by atoms with Gasteiger partial charge in [0.25, 0.3) is 0 Å². The third kappa shape index (κ3) is 4.26. The Labute approximate surface area is 132 Å². The predicted molar refractivity (Wildman–Crippen MR) is 92.0 cm³/mol. The fraction of sp³-hybridized carbons (Fsp3) is 0.500. The summed E-state index contributed by atoms with van der Waals surface area (Å²) in [4.78, 5) is 6.57. The lowest BCUT2D eigenvalue weighted by Gasteiger charge is -2.32. The second-order valence-electron chi connectivity index (χ2n) is 4.82. The van der Waals surface area contributed by atoms with Gasteiger partial charge in [0.15, 0.2) is 5.96 Å². The van der Waals surface area contributed by atoms with Crippen molar-refractivity contribution in [1.29, 1.82) is 0 Å². The molecule has 106 valence electrons. The molecule has 4 nitrogen and oxygen atoms in total. The van der Waals surface area contributed by atoms with Gasteiger partial charge in [0.2, 0.25) is 0 Å². The van der Waals surface area contributed by atoms with E-state index in [9.17, 15) is 0 Å². The van der Waals surface area contributed by atoms with E-state index >= 15 is 0 Å². The predicted octanol–water partition coefficient (Wildman–Crippen LogP) is 2.46. The summed E-state index contributed by atoms with van der Waals surface area (Å²) in [5.74, 6) is 0.155. The zero-order chi connectivity index (χ0) is 13.0. The van der Waals surface area contributed by atoms with Gasteiger partial charge >= 0.3 is 0 Å². The molecule has 0 saturated heterocycles. The van der Waals surface area contributed by atoms with Crippen LogP contribution in [0.5, 0.6) is 0 Å². The summed E-state index contributed by atoms with van der Waals surface area (Å²) in [7, 11) is 0. The standard InChI is InChI=1S/C14H22N4.HI/c1-11(17-14(15)16)18-10-6-2-3-7-12-8-4-5-9-13(12)18;/h4-5,8-9,11H,2-3,6-7,10H2,1H3,(H4,15,16,17);1H. The zero-order valence-corrected chi connectivity index (χ0v) is 13.7. The monoisotopic (exact) mass is 374 g/mol. The average molecular weight is 374 g/mol. The van der Waals surface area contributed by atoms with E-state index in [0.717, 1.165) is 13.0 Å². The van der Waals surface area contributed by atoms with Crippen LogP contribution in [0, 0.1) is 0 Å². The van der Waals surface area contributed by atoms with Gasteiger partial charge in [0.05, 0.1) is 0 Å². The number of nitrogens with two attached hydrogens (primary N) is 2. The Morgan fingerprint density at radius 2 is 1.95 bits per heavy atom. The number of aliphatic imine (C=N–C) groups is 1. The molecule has 5 heteroatoms. The molecule has 2 rings (SSSR count). The number of halogens is 1. The quantitative estimate of drug-likeness (QED) is 0.475. The summed E-state index contributed by atoms with van der Waals surface area (Å²) in [5.41, 5.74) is 13.7. The minimum Gasteiger partial charge on any atom is -0.370 e. The topological polar surface area (TPSA) is 67.6 Å². The molecule has 1 atom stereocenters. The number of para-hydroxylation sites is 1. The molecule has 0 spiro atoms. The molecule has 0 fully saturated rings. The van der Waals surface area contributed by atoms with E-state index in [4.69, 9.17) is 11.5 Å². The van der Waals surface area contributed by atoms with Crippen LogP contribution in [0.2, 0.25) is 0 Å². The van der Waals surface area contributed by atoms with E-state index in [1.54, 1.807) is 0 Å². The van der Waals surface area contributed by atoms with Gasteiger partial charge in [0.1, 0.15) is 6.17 Å². The highest BCUT2D eigenvalue weighted by molar-refractivity contribution is 14.0. The Hall–Kier alpha value is -0.980. The van der Waals surface area contributed by atoms with Crippen LogP contribution >= 0.6 is 24.0 Å². The SMILES string of the molecule is CC(N=C(N)N)N1CCCCCc2ccccc21.I. The van der Waals surface area contributed by atoms with E-state index < -0.39 is 0 Å². The number of guanidine groups is 1. The van der Waals surface area contributed by atoms with Crippen LogP contribution in [0.3, 0.4) is 0 Å². The van der Waals surface area contributed by atoms with Gasteiger partial charge in [0, 0.05) is 12.2 Å². The molecule has 0 radical (unpaired) electrons. The fourth-order valence-electron chi connectivity index (χ4n) is 2.57. The number of aryl methyl sites for hydroxylation is 1. The van der Waals surface area contributed by atoms with Crippen molar-refractivity contribution in [2.24, 2.45) is 16.5 Å². The molecule has 1 aliphatic rings. The first-order chi connectivity index (χ1) is 8.68. The summed E-state index contributed by atoms with van der Waals surface area (Å²) in [6.45, 7) is 3.05. The molecule has 0 amide bonds. The lowest BCUT2D eigenvalue weighted by atomic mass is 10.0. The third-order valence-electron chi connectivity index (χ3n) is 3.43. The Morgan fingerprint density at radius 1 is 1.21 bits per heavy atom. The highest BCUT2D eigenvalue weighted by atomic mass is 127. The molecule has 0 aliphatic carbocycles. The Morgan fingerprint density at radius 3 is 2.68 bits per heavy atom. The van der Waals surface area contributed by atoms with Crippen LogP contribution in [0.4, 0.5) is 5.69 Å². The number of rotatable bonds is 2. The summed E-state index contributed by atoms with van der Waals surface area (Å²) in [5, 5.41) is 0. The van der Waals surface area contributed by atoms with Gasteiger partial charge in [-0.05, 0) is 37.8 Å². The van der Waals surface area contributed by atoms with Crippen molar-refractivity contribution in [2.45, 2.75) is 38.8 Å². The van der Waals surface area contributed by atoms with Crippen molar-refractivity contribution in [1.82, 2.24) is 0 Å². The minimum atomic E-state index is -0.00532. The maximum Gasteiger partial charge on any atom is 0.188 e. The largest absolute Gasteiger partial charge is 0.370 e. The van der Waals surface area contributed by atoms with Crippen LogP contribution in [0.15, 0.2) is 29.3 Å². The molecule has 0 bridgehead atoms. The van der Waals surface area contributed by atoms with Crippen molar-refractivity contribution in [2.75, 3.05) is 11.4 Å². The van der Waals surface area contributed by atoms with Crippen LogP contribution in [0.25, 0.3) is 0 Å². The maximum atomic E-state index is 5.49. The molecule has 1 aromatic carbocycles. The number of fused-ring (bicyclic) bond motifs is 1. The number of hydrogen-bond acceptors (Lipinski definition) is 2. The Bertz CT molecular complexity index is 429. The second-order valence-corrected chi connectivity index (χ2v) is 4.82. The summed E-state index contributed by atoms with van der Waals surface area (Å²) >= 11 is 0. The Balaban J connectivity index is 0.00000180. The van der Waals surface area contributed by atoms with Crippen LogP contribution in [0.1, 0.15) is 31.7 Å². The minimum absolute atomic E-state index is 0. The molecule has 1 heterocycles. The first-order valence-corrected chi connectivity index (χ1v) is 6.62. The molecular weight excluding hydrogens is 351 g/mol. The van der Waals surface area contributed by atoms with E-state index in [-0.39, 0.29) is 36.1 Å². The first kappa shape index (κ1) is 16.1. The maximum absolute atomic E-state index is 5.49. The van der Waals surface area contributed by atoms with Crippen molar-refractivity contribution < 1.29 is 0 Å². The number of benzene rings is 1. The third-order valence-corrected chi connectivity index (χ3v) is 3.43. The van der Waals surface area contributed by atoms with Gasteiger partial charge < -0.3 is 16.4 Å². The molecule has 1 aliphatic heterocycles. The molecule has 0 saturated carbocycles. The van der Waals surface area contributed by atoms with E-state index in [0.29, 0.717) is 0 Å². The van der Waals surface area contributed by atoms with E-state index in [2.05, 4.69) is 34.2 Å². The van der Waals surface area contributed by atoms with Gasteiger partial charge in [-0.3, -0.25) is 0 Å². The summed E-state index contributed by atoms with van der Waals surface area (Å²) in [6.07, 6.45) is 4.86. The average Bonchev–Trinajstić information content (AvgIpc) is 2.29. The summed E-state index contributed by atoms with van der Waals surface area (Å²) in [6, 6.07) is 8.55. The smallest absolute Gasteiger partial charge is 0.188 e. The Kier molecular flexibility index (Phi) is 6.41. The highest BCUT2D eigenvalue weighted by Gasteiger charge is 2.18. The molecular formula is C14H23IN4. The molecule has 0 aromatic heterocycles. The lowest BCUT2D eigenvalue weighted by molar-refractivity contribution is 0.584. The van der Waals surface area contributed by atoms with Crippen molar-refractivity contribution >= 4 is 35.6 Å². The van der Waals surface area contributed by atoms with Crippen LogP contribution < -0.4 is 16.4 Å². The van der Waals surface area contributed by atoms with E-state index in [1.165, 1.54) is 30.5 Å². The number of hydrogen-bond donors (Lipinski definition) is 2. The summed E-state index contributed by atoms with van der Waals surface area (Å²) < 4.78 is 0. The zero-order valence-electron chi connectivity index (χ0n) is 11.4. The second kappa shape index (κ2) is 7.57. The normalized spacial score (nSPS) is 16.4. The van der Waals surface area contributed by atoms with Crippen LogP contribution in [-0.4, -0.2) is 18.7 Å². The van der Waals surface area contributed by atoms with Gasteiger partial charge in [-0.15, -0.1) is 24.0 Å². The van der Waals surface area contributed by atoms with E-state index in [1.807, 2.05) is 6.92 Å². The van der Waals surface area contributed by atoms with Gasteiger partial charge in [-0.1, -0.05) is 24.6 Å². The molecule has 4 N–H and O–H groups in total. The van der Waals surface area contributed by atoms with Crippen molar-refractivity contribution in [3.63, 3.8) is 0 Å². The van der Waals surface area contributed by atoms with Gasteiger partial charge in [-0.25, -0.2) is 4.99 Å².